The number of aromatic carboxylic acids is 1. The number of carboxylic acid groups (broad SMARTS) is 1. The fourth-order valence-electron chi connectivity index (χ4n) is 4.56. The first-order valence-electron chi connectivity index (χ1n) is 12.8. The monoisotopic (exact) mass is 599 g/mol. The van der Waals surface area contributed by atoms with Crippen LogP contribution in [0.1, 0.15) is 44.6 Å². The standard InChI is InChI=1S/C28H21F4N5O4S/c29-18-11-17(20-2-1-3-24(34-20)41-13-25-35-36-27(42-25)26(31)32)19(30)8-15(18)10-23-33-21-5-4-14(28(38)39)9-22(21)37(23)12-16-6-7-40-16/h1-5,8-9,11,16,26H,6-7,10,12-13H2,(H,38,39). The molecule has 0 spiro atoms. The van der Waals surface area contributed by atoms with Crippen LogP contribution >= 0.6 is 11.3 Å². The van der Waals surface area contributed by atoms with Gasteiger partial charge in [0.1, 0.15) is 24.1 Å². The third-order valence-electron chi connectivity index (χ3n) is 6.75. The molecule has 0 aliphatic carbocycles. The van der Waals surface area contributed by atoms with Crippen LogP contribution < -0.4 is 4.74 Å². The summed E-state index contributed by atoms with van der Waals surface area (Å²) >= 11 is 0.705. The predicted molar refractivity (Wildman–Crippen MR) is 143 cm³/mol. The average Bonchev–Trinajstić information content (AvgIpc) is 3.56. The Balaban J connectivity index is 1.25. The second-order valence-electron chi connectivity index (χ2n) is 9.51. The van der Waals surface area contributed by atoms with E-state index in [2.05, 4.69) is 20.2 Å². The summed E-state index contributed by atoms with van der Waals surface area (Å²) in [7, 11) is 0. The number of hydrogen-bond donors (Lipinski definition) is 1. The molecule has 0 saturated carbocycles. The SMILES string of the molecule is O=C(O)c1ccc2nc(Cc3cc(F)c(-c4cccc(OCc5nnc(C(F)F)s5)n4)cc3F)n(CC3CCO3)c2c1. The fourth-order valence-corrected chi connectivity index (χ4v) is 5.17. The molecule has 42 heavy (non-hydrogen) atoms. The number of rotatable bonds is 10. The number of benzene rings is 2. The van der Waals surface area contributed by atoms with E-state index in [4.69, 9.17) is 9.47 Å². The molecule has 0 bridgehead atoms. The summed E-state index contributed by atoms with van der Waals surface area (Å²) in [6.07, 6.45) is -2.05. The molecule has 1 N–H and O–H groups in total. The first-order chi connectivity index (χ1) is 20.2. The molecule has 1 unspecified atom stereocenters. The Morgan fingerprint density at radius 3 is 2.67 bits per heavy atom. The van der Waals surface area contributed by atoms with Crippen LogP contribution in [0.15, 0.2) is 48.5 Å². The number of fused-ring (bicyclic) bond motifs is 1. The topological polar surface area (TPSA) is 112 Å². The summed E-state index contributed by atoms with van der Waals surface area (Å²) in [4.78, 5) is 20.3. The van der Waals surface area contributed by atoms with Gasteiger partial charge in [-0.1, -0.05) is 17.4 Å². The van der Waals surface area contributed by atoms with E-state index in [0.717, 1.165) is 18.6 Å². The van der Waals surface area contributed by atoms with Gasteiger partial charge in [-0.3, -0.25) is 0 Å². The van der Waals surface area contributed by atoms with Gasteiger partial charge in [0.05, 0.1) is 34.9 Å². The van der Waals surface area contributed by atoms with Crippen molar-refractivity contribution in [3.63, 3.8) is 0 Å². The van der Waals surface area contributed by atoms with Gasteiger partial charge in [-0.15, -0.1) is 10.2 Å². The average molecular weight is 600 g/mol. The minimum Gasteiger partial charge on any atom is -0.478 e. The molecule has 216 valence electrons. The van der Waals surface area contributed by atoms with Gasteiger partial charge in [0.2, 0.25) is 5.88 Å². The lowest BCUT2D eigenvalue weighted by molar-refractivity contribution is -0.0589. The smallest absolute Gasteiger partial charge is 0.335 e. The molecule has 5 aromatic rings. The summed E-state index contributed by atoms with van der Waals surface area (Å²) < 4.78 is 69.1. The zero-order valence-corrected chi connectivity index (χ0v) is 22.5. The molecule has 6 rings (SSSR count). The number of carboxylic acids is 1. The Morgan fingerprint density at radius 2 is 1.95 bits per heavy atom. The van der Waals surface area contributed by atoms with E-state index in [1.54, 1.807) is 16.7 Å². The summed E-state index contributed by atoms with van der Waals surface area (Å²) in [5.74, 6) is -1.98. The number of aromatic nitrogens is 5. The van der Waals surface area contributed by atoms with Gasteiger partial charge in [0, 0.05) is 24.7 Å². The minimum atomic E-state index is -2.74. The lowest BCUT2D eigenvalue weighted by Gasteiger charge is -2.27. The summed E-state index contributed by atoms with van der Waals surface area (Å²) in [6, 6.07) is 11.2. The highest BCUT2D eigenvalue weighted by Gasteiger charge is 2.24. The largest absolute Gasteiger partial charge is 0.478 e. The number of hydrogen-bond acceptors (Lipinski definition) is 8. The van der Waals surface area contributed by atoms with E-state index < -0.39 is 29.0 Å². The van der Waals surface area contributed by atoms with E-state index in [9.17, 15) is 18.7 Å². The highest BCUT2D eigenvalue weighted by Crippen LogP contribution is 2.29. The lowest BCUT2D eigenvalue weighted by Crippen LogP contribution is -2.31. The number of ether oxygens (including phenoxy) is 2. The molecule has 1 atom stereocenters. The highest BCUT2D eigenvalue weighted by atomic mass is 32.1. The lowest BCUT2D eigenvalue weighted by atomic mass is 10.0. The third-order valence-corrected chi connectivity index (χ3v) is 7.65. The number of pyridine rings is 1. The Labute approximate surface area is 239 Å². The van der Waals surface area contributed by atoms with Crippen molar-refractivity contribution in [3.8, 4) is 17.1 Å². The van der Waals surface area contributed by atoms with Crippen molar-refractivity contribution >= 4 is 28.3 Å². The minimum absolute atomic E-state index is 0.0497. The van der Waals surface area contributed by atoms with Gasteiger partial charge >= 0.3 is 5.97 Å². The Hall–Kier alpha value is -4.43. The molecule has 14 heteroatoms. The van der Waals surface area contributed by atoms with Crippen LogP contribution in [0.3, 0.4) is 0 Å². The van der Waals surface area contributed by atoms with Crippen molar-refractivity contribution in [2.45, 2.75) is 38.5 Å². The summed E-state index contributed by atoms with van der Waals surface area (Å²) in [6.45, 7) is 0.849. The molecular formula is C28H21F4N5O4S. The van der Waals surface area contributed by atoms with Crippen molar-refractivity contribution in [1.29, 1.82) is 0 Å². The molecule has 1 aliphatic rings. The summed E-state index contributed by atoms with van der Waals surface area (Å²) in [5, 5.41) is 16.3. The molecule has 2 aromatic carbocycles. The Kier molecular flexibility index (Phi) is 7.56. The zero-order valence-electron chi connectivity index (χ0n) is 21.6. The molecule has 0 radical (unpaired) electrons. The molecule has 0 amide bonds. The maximum atomic E-state index is 15.4. The third kappa shape index (κ3) is 5.67. The van der Waals surface area contributed by atoms with E-state index in [0.29, 0.717) is 41.3 Å². The molecule has 4 heterocycles. The van der Waals surface area contributed by atoms with E-state index >= 15 is 8.78 Å². The predicted octanol–water partition coefficient (Wildman–Crippen LogP) is 5.82. The van der Waals surface area contributed by atoms with E-state index in [1.807, 2.05) is 0 Å². The number of carbonyl (C=O) groups is 1. The van der Waals surface area contributed by atoms with Crippen molar-refractivity contribution in [1.82, 2.24) is 24.7 Å². The van der Waals surface area contributed by atoms with Crippen LogP contribution in [0.2, 0.25) is 0 Å². The highest BCUT2D eigenvalue weighted by molar-refractivity contribution is 7.11. The second-order valence-corrected chi connectivity index (χ2v) is 10.6. The number of imidazole rings is 1. The quantitative estimate of drug-likeness (QED) is 0.200. The van der Waals surface area contributed by atoms with Crippen molar-refractivity contribution in [2.24, 2.45) is 0 Å². The molecule has 1 aliphatic heterocycles. The van der Waals surface area contributed by atoms with E-state index in [1.165, 1.54) is 24.3 Å². The second kappa shape index (κ2) is 11.4. The van der Waals surface area contributed by atoms with Crippen LogP contribution in [-0.2, 0) is 24.3 Å². The summed E-state index contributed by atoms with van der Waals surface area (Å²) in [5.41, 5.74) is 1.26. The van der Waals surface area contributed by atoms with Crippen LogP contribution in [0.5, 0.6) is 5.88 Å². The fraction of sp³-hybridized carbons (Fsp3) is 0.250. The Bertz CT molecular complexity index is 1790. The van der Waals surface area contributed by atoms with Crippen LogP contribution in [0, 0.1) is 11.6 Å². The van der Waals surface area contributed by atoms with Crippen LogP contribution in [0.25, 0.3) is 22.3 Å². The number of nitrogens with zero attached hydrogens (tertiary/aromatic N) is 5. The zero-order chi connectivity index (χ0) is 29.4. The number of alkyl halides is 2. The van der Waals surface area contributed by atoms with Crippen molar-refractivity contribution < 1.29 is 36.9 Å². The van der Waals surface area contributed by atoms with Gasteiger partial charge in [-0.25, -0.2) is 32.3 Å². The maximum absolute atomic E-state index is 15.4. The molecule has 9 nitrogen and oxygen atoms in total. The van der Waals surface area contributed by atoms with Gasteiger partial charge in [0.15, 0.2) is 10.0 Å². The van der Waals surface area contributed by atoms with Crippen molar-refractivity contribution in [2.75, 3.05) is 6.61 Å². The van der Waals surface area contributed by atoms with Gasteiger partial charge in [0.25, 0.3) is 6.43 Å². The maximum Gasteiger partial charge on any atom is 0.335 e. The molecule has 3 aromatic heterocycles. The molecule has 1 fully saturated rings. The van der Waals surface area contributed by atoms with Crippen molar-refractivity contribution in [3.05, 3.63) is 87.1 Å². The van der Waals surface area contributed by atoms with Gasteiger partial charge < -0.3 is 19.1 Å². The first-order valence-corrected chi connectivity index (χ1v) is 13.6. The van der Waals surface area contributed by atoms with Gasteiger partial charge in [-0.2, -0.15) is 0 Å². The molecular weight excluding hydrogens is 578 g/mol. The molecule has 1 saturated heterocycles. The van der Waals surface area contributed by atoms with Gasteiger partial charge in [-0.05, 0) is 48.4 Å². The van der Waals surface area contributed by atoms with Crippen LogP contribution in [0.4, 0.5) is 17.6 Å². The number of halogens is 4. The Morgan fingerprint density at radius 1 is 1.12 bits per heavy atom. The normalized spacial score (nSPS) is 14.8. The van der Waals surface area contributed by atoms with E-state index in [-0.39, 0.29) is 52.4 Å². The van der Waals surface area contributed by atoms with Crippen LogP contribution in [-0.4, -0.2) is 48.5 Å². The first kappa shape index (κ1) is 27.7.